The van der Waals surface area contributed by atoms with E-state index in [1.54, 1.807) is 11.8 Å². The number of nitrogens with one attached hydrogen (secondary N) is 1. The Balaban J connectivity index is 1.39. The van der Waals surface area contributed by atoms with Gasteiger partial charge in [-0.1, -0.05) is 49.7 Å². The summed E-state index contributed by atoms with van der Waals surface area (Å²) in [7, 11) is 0. The zero-order chi connectivity index (χ0) is 21.9. The molecule has 5 rings (SSSR count). The average Bonchev–Trinajstić information content (AvgIpc) is 3.41. The Kier molecular flexibility index (Phi) is 6.49. The Bertz CT molecular complexity index is 951. The van der Waals surface area contributed by atoms with Crippen molar-refractivity contribution in [1.29, 1.82) is 0 Å². The summed E-state index contributed by atoms with van der Waals surface area (Å²) in [6, 6.07) is 14.5. The highest BCUT2D eigenvalue weighted by atomic mass is 32.2. The Hall–Kier alpha value is -2.34. The van der Waals surface area contributed by atoms with E-state index in [9.17, 15) is 4.79 Å². The molecule has 3 fully saturated rings. The predicted octanol–water partition coefficient (Wildman–Crippen LogP) is 6.16. The van der Waals surface area contributed by atoms with Crippen molar-refractivity contribution in [2.24, 2.45) is 5.92 Å². The summed E-state index contributed by atoms with van der Waals surface area (Å²) in [6.45, 7) is 4.39. The summed E-state index contributed by atoms with van der Waals surface area (Å²) >= 11 is 1.61. The molecule has 3 heterocycles. The Morgan fingerprint density at radius 3 is 2.56 bits per heavy atom. The summed E-state index contributed by atoms with van der Waals surface area (Å²) in [6.07, 6.45) is 10.4. The van der Waals surface area contributed by atoms with E-state index in [4.69, 9.17) is 4.42 Å². The number of benzene rings is 1. The maximum atomic E-state index is 13.6. The topological polar surface area (TPSA) is 48.7 Å². The summed E-state index contributed by atoms with van der Waals surface area (Å²) in [4.78, 5) is 18.8. The normalized spacial score (nSPS) is 27.8. The first-order chi connectivity index (χ1) is 15.7. The minimum absolute atomic E-state index is 0.0989. The zero-order valence-electron chi connectivity index (χ0n) is 18.8. The van der Waals surface area contributed by atoms with Crippen LogP contribution < -0.4 is 10.2 Å². The van der Waals surface area contributed by atoms with E-state index in [0.29, 0.717) is 5.92 Å². The lowest BCUT2D eigenvalue weighted by Crippen LogP contribution is -2.48. The first-order valence-corrected chi connectivity index (χ1v) is 12.9. The lowest BCUT2D eigenvalue weighted by molar-refractivity contribution is -0.129. The van der Waals surface area contributed by atoms with E-state index in [1.165, 1.54) is 38.5 Å². The van der Waals surface area contributed by atoms with Crippen molar-refractivity contribution in [2.75, 3.05) is 23.3 Å². The van der Waals surface area contributed by atoms with Crippen LogP contribution in [0.15, 0.2) is 51.8 Å². The van der Waals surface area contributed by atoms with Gasteiger partial charge in [-0.15, -0.1) is 0 Å². The summed E-state index contributed by atoms with van der Waals surface area (Å²) < 4.78 is 6.13. The number of amides is 1. The van der Waals surface area contributed by atoms with E-state index in [0.717, 1.165) is 41.7 Å². The maximum Gasteiger partial charge on any atom is 0.263 e. The molecule has 0 bridgehead atoms. The van der Waals surface area contributed by atoms with Crippen LogP contribution in [0.4, 0.5) is 11.6 Å². The molecule has 2 aliphatic heterocycles. The first kappa shape index (κ1) is 21.5. The molecule has 2 saturated heterocycles. The van der Waals surface area contributed by atoms with Crippen molar-refractivity contribution >= 4 is 35.3 Å². The van der Waals surface area contributed by atoms with E-state index < -0.39 is 0 Å². The summed E-state index contributed by atoms with van der Waals surface area (Å²) in [5, 5.41) is 3.60. The van der Waals surface area contributed by atoms with Crippen molar-refractivity contribution < 1.29 is 9.21 Å². The first-order valence-electron chi connectivity index (χ1n) is 12.1. The van der Waals surface area contributed by atoms with E-state index in [2.05, 4.69) is 34.2 Å². The van der Waals surface area contributed by atoms with Crippen LogP contribution in [0.2, 0.25) is 0 Å². The van der Waals surface area contributed by atoms with Gasteiger partial charge < -0.3 is 19.5 Å². The van der Waals surface area contributed by atoms with Gasteiger partial charge in [0, 0.05) is 37.0 Å². The third-order valence-corrected chi connectivity index (χ3v) is 8.09. The summed E-state index contributed by atoms with van der Waals surface area (Å²) in [5.41, 5.74) is 0.941. The Morgan fingerprint density at radius 2 is 1.78 bits per heavy atom. The molecule has 5 nitrogen and oxygen atoms in total. The molecule has 2 aromatic rings. The van der Waals surface area contributed by atoms with Gasteiger partial charge in [0.25, 0.3) is 5.91 Å². The zero-order valence-corrected chi connectivity index (χ0v) is 19.7. The Labute approximate surface area is 195 Å². The number of furan rings is 1. The number of thioether (sulfide) groups is 1. The number of hydrogen-bond acceptors (Lipinski definition) is 5. The lowest BCUT2D eigenvalue weighted by Gasteiger charge is -2.39. The molecule has 1 unspecified atom stereocenters. The molecule has 6 heteroatoms. The van der Waals surface area contributed by atoms with Crippen molar-refractivity contribution in [3.8, 4) is 0 Å². The predicted molar refractivity (Wildman–Crippen MR) is 132 cm³/mol. The van der Waals surface area contributed by atoms with Crippen LogP contribution >= 0.6 is 11.8 Å². The molecule has 3 atom stereocenters. The van der Waals surface area contributed by atoms with Crippen LogP contribution in [0.1, 0.15) is 57.6 Å². The smallest absolute Gasteiger partial charge is 0.263 e. The highest BCUT2D eigenvalue weighted by molar-refractivity contribution is 8.05. The number of nitrogens with zero attached hydrogens (tertiary/aromatic N) is 2. The molecule has 32 heavy (non-hydrogen) atoms. The number of para-hydroxylation sites is 1. The van der Waals surface area contributed by atoms with Crippen molar-refractivity contribution in [2.45, 2.75) is 63.4 Å². The molecule has 1 N–H and O–H groups in total. The molecule has 0 radical (unpaired) electrons. The molecule has 1 saturated carbocycles. The fraction of sp³-hybridized carbons (Fsp3) is 0.500. The summed E-state index contributed by atoms with van der Waals surface area (Å²) in [5.74, 6) is 2.32. The largest absolute Gasteiger partial charge is 0.441 e. The van der Waals surface area contributed by atoms with Gasteiger partial charge in [0.1, 0.15) is 5.76 Å². The highest BCUT2D eigenvalue weighted by Crippen LogP contribution is 2.42. The van der Waals surface area contributed by atoms with Gasteiger partial charge in [0.05, 0.1) is 4.91 Å². The van der Waals surface area contributed by atoms with E-state index >= 15 is 0 Å². The lowest BCUT2D eigenvalue weighted by atomic mass is 9.85. The Morgan fingerprint density at radius 1 is 1.00 bits per heavy atom. The van der Waals surface area contributed by atoms with E-state index in [-0.39, 0.29) is 17.4 Å². The van der Waals surface area contributed by atoms with Gasteiger partial charge in [-0.05, 0) is 56.2 Å². The molecule has 1 amide bonds. The molecule has 170 valence electrons. The molecular weight excluding hydrogens is 418 g/mol. The molecule has 1 aromatic carbocycles. The third kappa shape index (κ3) is 4.56. The highest BCUT2D eigenvalue weighted by Gasteiger charge is 2.43. The van der Waals surface area contributed by atoms with Crippen molar-refractivity contribution in [1.82, 2.24) is 4.90 Å². The second-order valence-corrected chi connectivity index (χ2v) is 10.4. The fourth-order valence-corrected chi connectivity index (χ4v) is 6.39. The second-order valence-electron chi connectivity index (χ2n) is 9.25. The number of anilines is 2. The number of hydrogen-bond donors (Lipinski definition) is 1. The molecule has 1 aliphatic carbocycles. The molecule has 1 aromatic heterocycles. The average molecular weight is 452 g/mol. The maximum absolute atomic E-state index is 13.6. The quantitative estimate of drug-likeness (QED) is 0.552. The number of carbonyl (C=O) groups excluding carboxylic acids is 1. The van der Waals surface area contributed by atoms with Gasteiger partial charge >= 0.3 is 0 Å². The van der Waals surface area contributed by atoms with Crippen LogP contribution in [-0.2, 0) is 4.79 Å². The van der Waals surface area contributed by atoms with Gasteiger partial charge in [0.2, 0.25) is 0 Å². The number of carbonyl (C=O) groups is 1. The minimum Gasteiger partial charge on any atom is -0.441 e. The van der Waals surface area contributed by atoms with Gasteiger partial charge in [-0.2, -0.15) is 0 Å². The van der Waals surface area contributed by atoms with Crippen LogP contribution in [0.3, 0.4) is 0 Å². The van der Waals surface area contributed by atoms with Gasteiger partial charge in [-0.3, -0.25) is 4.79 Å². The number of rotatable bonds is 5. The van der Waals surface area contributed by atoms with E-state index in [1.807, 2.05) is 36.4 Å². The minimum atomic E-state index is -0.0989. The second kappa shape index (κ2) is 9.65. The monoisotopic (exact) mass is 451 g/mol. The fourth-order valence-electron chi connectivity index (χ4n) is 5.20. The van der Waals surface area contributed by atoms with Gasteiger partial charge in [0.15, 0.2) is 11.4 Å². The van der Waals surface area contributed by atoms with Crippen LogP contribution in [0, 0.1) is 5.92 Å². The molecule has 0 spiro atoms. The molecular formula is C26H33N3O2S. The van der Waals surface area contributed by atoms with Crippen LogP contribution in [0.25, 0.3) is 6.08 Å². The standard InChI is InChI=1S/C26H33N3O2S/c1-19-10-6-7-13-22(19)29-25(30)23(32-26(29)27-20-11-4-2-5-12-20)18-21-14-15-24(31-21)28-16-8-3-9-17-28/h2,4-5,11-12,14-15,18-19,22,26-27H,3,6-10,13,16-17H2,1H3/b23-18-/t19-,22+,26?/m0/s1. The molecule has 3 aliphatic rings. The van der Waals surface area contributed by atoms with Crippen molar-refractivity contribution in [3.63, 3.8) is 0 Å². The third-order valence-electron chi connectivity index (χ3n) is 6.98. The van der Waals surface area contributed by atoms with Crippen molar-refractivity contribution in [3.05, 3.63) is 53.1 Å². The number of piperidine rings is 1. The van der Waals surface area contributed by atoms with Crippen LogP contribution in [0.5, 0.6) is 0 Å². The van der Waals surface area contributed by atoms with Gasteiger partial charge in [-0.25, -0.2) is 0 Å². The SMILES string of the molecule is C[C@H]1CCCC[C@H]1N1C(=O)/C(=C/c2ccc(N3CCCCC3)o2)SC1Nc1ccccc1. The van der Waals surface area contributed by atoms with Crippen LogP contribution in [-0.4, -0.2) is 35.4 Å².